The number of hydrogen-bond acceptors (Lipinski definition) is 3. The van der Waals surface area contributed by atoms with Crippen LogP contribution >= 0.6 is 11.3 Å². The van der Waals surface area contributed by atoms with Gasteiger partial charge in [0.25, 0.3) is 5.56 Å². The third kappa shape index (κ3) is 3.03. The molecular weight excluding hydrogens is 232 g/mol. The topological polar surface area (TPSA) is 34.9 Å². The van der Waals surface area contributed by atoms with Gasteiger partial charge in [-0.25, -0.2) is 4.98 Å². The SMILES string of the molecule is CCCc1nc(Cn2ccc(C)cc2=O)cs1. The summed E-state index contributed by atoms with van der Waals surface area (Å²) in [6.07, 6.45) is 3.96. The second-order valence-electron chi connectivity index (χ2n) is 4.15. The van der Waals surface area contributed by atoms with E-state index >= 15 is 0 Å². The fourth-order valence-electron chi connectivity index (χ4n) is 1.66. The minimum atomic E-state index is 0.0371. The van der Waals surface area contributed by atoms with Gasteiger partial charge in [0.2, 0.25) is 0 Å². The van der Waals surface area contributed by atoms with Crippen molar-refractivity contribution in [2.75, 3.05) is 0 Å². The van der Waals surface area contributed by atoms with Crippen LogP contribution in [0.25, 0.3) is 0 Å². The normalized spacial score (nSPS) is 10.7. The average Bonchev–Trinajstić information content (AvgIpc) is 2.71. The van der Waals surface area contributed by atoms with Crippen molar-refractivity contribution in [3.05, 3.63) is 50.3 Å². The Kier molecular flexibility index (Phi) is 3.74. The zero-order valence-electron chi connectivity index (χ0n) is 10.1. The lowest BCUT2D eigenvalue weighted by molar-refractivity contribution is 0.736. The molecule has 0 radical (unpaired) electrons. The van der Waals surface area contributed by atoms with Gasteiger partial charge in [0.05, 0.1) is 17.2 Å². The molecule has 17 heavy (non-hydrogen) atoms. The summed E-state index contributed by atoms with van der Waals surface area (Å²) >= 11 is 1.68. The second kappa shape index (κ2) is 5.27. The van der Waals surface area contributed by atoms with E-state index in [2.05, 4.69) is 11.9 Å². The Balaban J connectivity index is 2.16. The maximum atomic E-state index is 11.7. The summed E-state index contributed by atoms with van der Waals surface area (Å²) in [4.78, 5) is 16.2. The van der Waals surface area contributed by atoms with Crippen molar-refractivity contribution >= 4 is 11.3 Å². The van der Waals surface area contributed by atoms with Crippen LogP contribution in [-0.4, -0.2) is 9.55 Å². The fourth-order valence-corrected chi connectivity index (χ4v) is 2.55. The zero-order valence-corrected chi connectivity index (χ0v) is 11.0. The van der Waals surface area contributed by atoms with Gasteiger partial charge in [-0.2, -0.15) is 0 Å². The highest BCUT2D eigenvalue weighted by atomic mass is 32.1. The number of rotatable bonds is 4. The van der Waals surface area contributed by atoms with Gasteiger partial charge in [0.1, 0.15) is 0 Å². The van der Waals surface area contributed by atoms with E-state index in [4.69, 9.17) is 0 Å². The van der Waals surface area contributed by atoms with Gasteiger partial charge in [0, 0.05) is 17.6 Å². The molecule has 0 aliphatic heterocycles. The van der Waals surface area contributed by atoms with Crippen molar-refractivity contribution in [3.63, 3.8) is 0 Å². The molecule has 90 valence electrons. The molecule has 4 heteroatoms. The van der Waals surface area contributed by atoms with Crippen LogP contribution in [0.4, 0.5) is 0 Å². The van der Waals surface area contributed by atoms with E-state index in [1.165, 1.54) is 0 Å². The monoisotopic (exact) mass is 248 g/mol. The summed E-state index contributed by atoms with van der Waals surface area (Å²) in [5, 5.41) is 3.19. The van der Waals surface area contributed by atoms with E-state index in [-0.39, 0.29) is 5.56 Å². The Morgan fingerprint density at radius 1 is 1.47 bits per heavy atom. The number of nitrogens with zero attached hydrogens (tertiary/aromatic N) is 2. The highest BCUT2D eigenvalue weighted by molar-refractivity contribution is 7.09. The quantitative estimate of drug-likeness (QED) is 0.833. The lowest BCUT2D eigenvalue weighted by Crippen LogP contribution is -2.19. The first kappa shape index (κ1) is 12.0. The molecule has 0 saturated carbocycles. The Morgan fingerprint density at radius 3 is 3.00 bits per heavy atom. The molecule has 0 bridgehead atoms. The lowest BCUT2D eigenvalue weighted by Gasteiger charge is -2.02. The van der Waals surface area contributed by atoms with Crippen LogP contribution in [0.3, 0.4) is 0 Å². The molecule has 0 unspecified atom stereocenters. The molecule has 0 aliphatic rings. The molecule has 0 saturated heterocycles. The molecule has 3 nitrogen and oxygen atoms in total. The van der Waals surface area contributed by atoms with E-state index in [0.717, 1.165) is 29.1 Å². The Bertz CT molecular complexity index is 557. The van der Waals surface area contributed by atoms with E-state index in [9.17, 15) is 4.79 Å². The first-order chi connectivity index (χ1) is 8.19. The number of aryl methyl sites for hydroxylation is 2. The number of thiazole rings is 1. The average molecular weight is 248 g/mol. The first-order valence-corrected chi connectivity index (χ1v) is 6.67. The van der Waals surface area contributed by atoms with Crippen LogP contribution < -0.4 is 5.56 Å². The largest absolute Gasteiger partial charge is 0.309 e. The summed E-state index contributed by atoms with van der Waals surface area (Å²) in [6.45, 7) is 4.64. The molecule has 0 atom stereocenters. The van der Waals surface area contributed by atoms with Crippen molar-refractivity contribution in [2.45, 2.75) is 33.2 Å². The van der Waals surface area contributed by atoms with Gasteiger partial charge < -0.3 is 4.57 Å². The molecule has 0 spiro atoms. The van der Waals surface area contributed by atoms with Crippen molar-refractivity contribution in [1.82, 2.24) is 9.55 Å². The molecule has 0 aromatic carbocycles. The highest BCUT2D eigenvalue weighted by Gasteiger charge is 2.03. The minimum absolute atomic E-state index is 0.0371. The zero-order chi connectivity index (χ0) is 12.3. The Morgan fingerprint density at radius 2 is 2.29 bits per heavy atom. The van der Waals surface area contributed by atoms with Crippen LogP contribution in [0.5, 0.6) is 0 Å². The minimum Gasteiger partial charge on any atom is -0.309 e. The molecule has 0 N–H and O–H groups in total. The summed E-state index contributed by atoms with van der Waals surface area (Å²) in [7, 11) is 0. The van der Waals surface area contributed by atoms with Crippen LogP contribution in [-0.2, 0) is 13.0 Å². The number of pyridine rings is 1. The predicted octanol–water partition coefficient (Wildman–Crippen LogP) is 2.61. The van der Waals surface area contributed by atoms with Gasteiger partial charge in [-0.1, -0.05) is 6.92 Å². The molecule has 2 aromatic heterocycles. The molecule has 0 aliphatic carbocycles. The van der Waals surface area contributed by atoms with Crippen LogP contribution in [0.15, 0.2) is 28.5 Å². The first-order valence-electron chi connectivity index (χ1n) is 5.79. The summed E-state index contributed by atoms with van der Waals surface area (Å²) < 4.78 is 1.69. The van der Waals surface area contributed by atoms with Crippen LogP contribution in [0, 0.1) is 6.92 Å². The van der Waals surface area contributed by atoms with E-state index in [1.54, 1.807) is 22.0 Å². The summed E-state index contributed by atoms with van der Waals surface area (Å²) in [5.74, 6) is 0. The molecule has 0 fully saturated rings. The Hall–Kier alpha value is -1.42. The molecular formula is C13H16N2OS. The molecule has 2 heterocycles. The highest BCUT2D eigenvalue weighted by Crippen LogP contribution is 2.12. The Labute approximate surface area is 105 Å². The van der Waals surface area contributed by atoms with Gasteiger partial charge in [-0.05, 0) is 31.4 Å². The van der Waals surface area contributed by atoms with Crippen molar-refractivity contribution in [2.24, 2.45) is 0 Å². The third-order valence-electron chi connectivity index (χ3n) is 2.55. The molecule has 0 amide bonds. The fraction of sp³-hybridized carbons (Fsp3) is 0.385. The van der Waals surface area contributed by atoms with Gasteiger partial charge >= 0.3 is 0 Å². The number of hydrogen-bond donors (Lipinski definition) is 0. The lowest BCUT2D eigenvalue weighted by atomic mass is 10.3. The van der Waals surface area contributed by atoms with E-state index < -0.39 is 0 Å². The van der Waals surface area contributed by atoms with Crippen LogP contribution in [0.1, 0.15) is 29.6 Å². The standard InChI is InChI=1S/C13H16N2OS/c1-3-4-12-14-11(9-17-12)8-15-6-5-10(2)7-13(15)16/h5-7,9H,3-4,8H2,1-2H3. The predicted molar refractivity (Wildman–Crippen MR) is 70.7 cm³/mol. The third-order valence-corrected chi connectivity index (χ3v) is 3.50. The second-order valence-corrected chi connectivity index (χ2v) is 5.10. The van der Waals surface area contributed by atoms with Crippen molar-refractivity contribution < 1.29 is 0 Å². The molecule has 2 rings (SSSR count). The summed E-state index contributed by atoms with van der Waals surface area (Å²) in [5.41, 5.74) is 2.01. The van der Waals surface area contributed by atoms with E-state index in [1.807, 2.05) is 24.6 Å². The maximum absolute atomic E-state index is 11.7. The van der Waals surface area contributed by atoms with Gasteiger partial charge in [0.15, 0.2) is 0 Å². The summed E-state index contributed by atoms with van der Waals surface area (Å²) in [6, 6.07) is 3.60. The van der Waals surface area contributed by atoms with Crippen molar-refractivity contribution in [1.29, 1.82) is 0 Å². The number of aromatic nitrogens is 2. The van der Waals surface area contributed by atoms with Gasteiger partial charge in [-0.3, -0.25) is 4.79 Å². The smallest absolute Gasteiger partial charge is 0.251 e. The molecule has 2 aromatic rings. The van der Waals surface area contributed by atoms with Crippen LogP contribution in [0.2, 0.25) is 0 Å². The van der Waals surface area contributed by atoms with E-state index in [0.29, 0.717) is 6.54 Å². The maximum Gasteiger partial charge on any atom is 0.251 e. The van der Waals surface area contributed by atoms with Crippen molar-refractivity contribution in [3.8, 4) is 0 Å². The van der Waals surface area contributed by atoms with Gasteiger partial charge in [-0.15, -0.1) is 11.3 Å².